The molecule has 1 unspecified atom stereocenters. The van der Waals surface area contributed by atoms with Gasteiger partial charge in [-0.3, -0.25) is 9.59 Å². The summed E-state index contributed by atoms with van der Waals surface area (Å²) in [5.74, 6) is -1.11. The van der Waals surface area contributed by atoms with Gasteiger partial charge in [0.15, 0.2) is 10.1 Å². The number of primary amides is 1. The van der Waals surface area contributed by atoms with E-state index in [4.69, 9.17) is 40.5 Å². The number of amides is 1. The Labute approximate surface area is 133 Å². The summed E-state index contributed by atoms with van der Waals surface area (Å²) in [6.07, 6.45) is 0.228. The van der Waals surface area contributed by atoms with E-state index in [2.05, 4.69) is 0 Å². The third kappa shape index (κ3) is 3.11. The predicted octanol–water partition coefficient (Wildman–Crippen LogP) is 3.70. The minimum absolute atomic E-state index is 0.228. The molecule has 0 aromatic heterocycles. The van der Waals surface area contributed by atoms with Gasteiger partial charge in [0.05, 0.1) is 0 Å². The lowest BCUT2D eigenvalue weighted by Crippen LogP contribution is -2.40. The Morgan fingerprint density at radius 3 is 2.25 bits per heavy atom. The molecule has 1 rings (SSSR count). The zero-order chi connectivity index (χ0) is 15.7. The van der Waals surface area contributed by atoms with E-state index >= 15 is 0 Å². The van der Waals surface area contributed by atoms with Gasteiger partial charge in [-0.05, 0) is 37.5 Å². The van der Waals surface area contributed by atoms with Crippen molar-refractivity contribution in [3.8, 4) is 0 Å². The molecule has 1 aromatic carbocycles. The van der Waals surface area contributed by atoms with Crippen LogP contribution in [0.5, 0.6) is 0 Å². The fourth-order valence-corrected chi connectivity index (χ4v) is 2.88. The first-order chi connectivity index (χ1) is 9.05. The zero-order valence-corrected chi connectivity index (χ0v) is 13.7. The van der Waals surface area contributed by atoms with Gasteiger partial charge >= 0.3 is 0 Å². The average molecular weight is 337 g/mol. The molecule has 20 heavy (non-hydrogen) atoms. The van der Waals surface area contributed by atoms with Crippen LogP contribution in [-0.2, 0) is 9.67 Å². The van der Waals surface area contributed by atoms with E-state index < -0.39 is 20.9 Å². The summed E-state index contributed by atoms with van der Waals surface area (Å²) in [7, 11) is 0. The van der Waals surface area contributed by atoms with Crippen molar-refractivity contribution in [2.45, 2.75) is 36.4 Å². The van der Waals surface area contributed by atoms with Crippen molar-refractivity contribution < 1.29 is 9.59 Å². The lowest BCUT2D eigenvalue weighted by Gasteiger charge is -2.29. The lowest BCUT2D eigenvalue weighted by molar-refractivity contribution is -0.122. The standard InChI is InChI=1S/C14H16Cl3NO2/c1-4-14(16,17)12(20)13(3,15)10-7-5-6-9(8(10)2)11(18)19/h5-7H,4H2,1-3H3,(H2,18,19). The van der Waals surface area contributed by atoms with E-state index in [1.54, 1.807) is 32.0 Å². The highest BCUT2D eigenvalue weighted by Gasteiger charge is 2.45. The fraction of sp³-hybridized carbons (Fsp3) is 0.429. The molecule has 0 radical (unpaired) electrons. The van der Waals surface area contributed by atoms with Crippen LogP contribution in [0, 0.1) is 6.92 Å². The first-order valence-electron chi connectivity index (χ1n) is 6.07. The highest BCUT2D eigenvalue weighted by molar-refractivity contribution is 6.61. The zero-order valence-electron chi connectivity index (χ0n) is 11.5. The van der Waals surface area contributed by atoms with Gasteiger partial charge in [0.25, 0.3) is 0 Å². The fourth-order valence-electron chi connectivity index (χ4n) is 2.04. The van der Waals surface area contributed by atoms with Gasteiger partial charge in [0.2, 0.25) is 5.91 Å². The smallest absolute Gasteiger partial charge is 0.248 e. The molecule has 0 saturated carbocycles. The van der Waals surface area contributed by atoms with Crippen molar-refractivity contribution in [1.82, 2.24) is 0 Å². The third-order valence-electron chi connectivity index (χ3n) is 3.31. The van der Waals surface area contributed by atoms with Crippen molar-refractivity contribution in [2.24, 2.45) is 5.73 Å². The maximum absolute atomic E-state index is 12.4. The largest absolute Gasteiger partial charge is 0.366 e. The molecule has 0 spiro atoms. The van der Waals surface area contributed by atoms with Crippen LogP contribution in [0.25, 0.3) is 0 Å². The predicted molar refractivity (Wildman–Crippen MR) is 82.6 cm³/mol. The second kappa shape index (κ2) is 5.92. The maximum Gasteiger partial charge on any atom is 0.248 e. The van der Waals surface area contributed by atoms with Gasteiger partial charge in [0.1, 0.15) is 4.87 Å². The van der Waals surface area contributed by atoms with E-state index in [-0.39, 0.29) is 6.42 Å². The lowest BCUT2D eigenvalue weighted by atomic mass is 9.87. The minimum atomic E-state index is -1.58. The van der Waals surface area contributed by atoms with Crippen molar-refractivity contribution in [2.75, 3.05) is 0 Å². The molecule has 1 amide bonds. The van der Waals surface area contributed by atoms with Crippen LogP contribution >= 0.6 is 34.8 Å². The second-order valence-corrected chi connectivity index (χ2v) is 6.97. The van der Waals surface area contributed by atoms with Crippen LogP contribution in [-0.4, -0.2) is 16.0 Å². The topological polar surface area (TPSA) is 60.2 Å². The number of carbonyl (C=O) groups is 2. The molecule has 0 aliphatic heterocycles. The number of hydrogen-bond donors (Lipinski definition) is 1. The number of benzene rings is 1. The number of nitrogens with two attached hydrogens (primary N) is 1. The van der Waals surface area contributed by atoms with Crippen LogP contribution in [0.1, 0.15) is 41.8 Å². The number of alkyl halides is 3. The molecule has 1 atom stereocenters. The molecule has 0 aliphatic carbocycles. The van der Waals surface area contributed by atoms with E-state index in [0.717, 1.165) is 0 Å². The van der Waals surface area contributed by atoms with Gasteiger partial charge in [-0.1, -0.05) is 42.3 Å². The molecule has 0 aliphatic rings. The Bertz CT molecular complexity index is 553. The number of ketones is 1. The molecule has 0 saturated heterocycles. The molecule has 110 valence electrons. The van der Waals surface area contributed by atoms with Crippen LogP contribution in [0.4, 0.5) is 0 Å². The van der Waals surface area contributed by atoms with Gasteiger partial charge in [-0.15, -0.1) is 11.6 Å². The van der Waals surface area contributed by atoms with E-state index in [9.17, 15) is 9.59 Å². The minimum Gasteiger partial charge on any atom is -0.366 e. The van der Waals surface area contributed by atoms with E-state index in [1.165, 1.54) is 6.92 Å². The quantitative estimate of drug-likeness (QED) is 0.833. The molecule has 0 bridgehead atoms. The number of carbonyl (C=O) groups excluding carboxylic acids is 2. The van der Waals surface area contributed by atoms with Crippen LogP contribution in [0.3, 0.4) is 0 Å². The van der Waals surface area contributed by atoms with E-state index in [1.807, 2.05) is 0 Å². The molecular weight excluding hydrogens is 321 g/mol. The highest BCUT2D eigenvalue weighted by Crippen LogP contribution is 2.41. The summed E-state index contributed by atoms with van der Waals surface area (Å²) in [5, 5.41) is 0. The summed E-state index contributed by atoms with van der Waals surface area (Å²) < 4.78 is -1.58. The SMILES string of the molecule is CCC(Cl)(Cl)C(=O)C(C)(Cl)c1cccc(C(N)=O)c1C. The highest BCUT2D eigenvalue weighted by atomic mass is 35.5. The number of hydrogen-bond acceptors (Lipinski definition) is 2. The third-order valence-corrected chi connectivity index (χ3v) is 4.56. The Hall–Kier alpha value is -0.770. The Balaban J connectivity index is 3.40. The van der Waals surface area contributed by atoms with Gasteiger partial charge in [0, 0.05) is 5.56 Å². The molecule has 3 nitrogen and oxygen atoms in total. The molecule has 0 heterocycles. The Kier molecular flexibility index (Phi) is 5.12. The molecular formula is C14H16Cl3NO2. The molecule has 2 N–H and O–H groups in total. The van der Waals surface area contributed by atoms with Crippen molar-refractivity contribution in [3.63, 3.8) is 0 Å². The summed E-state index contributed by atoms with van der Waals surface area (Å²) in [5.41, 5.74) is 6.63. The van der Waals surface area contributed by atoms with E-state index in [0.29, 0.717) is 16.7 Å². The molecule has 1 aromatic rings. The number of Topliss-reactive ketones (excluding diaryl/α,β-unsaturated/α-hetero) is 1. The monoisotopic (exact) mass is 335 g/mol. The first-order valence-corrected chi connectivity index (χ1v) is 7.20. The van der Waals surface area contributed by atoms with Crippen molar-refractivity contribution in [3.05, 3.63) is 34.9 Å². The average Bonchev–Trinajstić information content (AvgIpc) is 2.37. The summed E-state index contributed by atoms with van der Waals surface area (Å²) in [4.78, 5) is 22.4. The number of rotatable bonds is 5. The Morgan fingerprint density at radius 2 is 1.80 bits per heavy atom. The first kappa shape index (κ1) is 17.3. The normalized spacial score (nSPS) is 14.7. The summed E-state index contributed by atoms with van der Waals surface area (Å²) >= 11 is 18.4. The maximum atomic E-state index is 12.4. The Morgan fingerprint density at radius 1 is 1.25 bits per heavy atom. The van der Waals surface area contributed by atoms with Crippen molar-refractivity contribution >= 4 is 46.5 Å². The van der Waals surface area contributed by atoms with Gasteiger partial charge in [-0.2, -0.15) is 0 Å². The number of halogens is 3. The van der Waals surface area contributed by atoms with Gasteiger partial charge in [-0.25, -0.2) is 0 Å². The van der Waals surface area contributed by atoms with Crippen LogP contribution in [0.15, 0.2) is 18.2 Å². The second-order valence-electron chi connectivity index (χ2n) is 4.73. The van der Waals surface area contributed by atoms with Gasteiger partial charge < -0.3 is 5.73 Å². The molecule has 6 heteroatoms. The van der Waals surface area contributed by atoms with Crippen LogP contribution < -0.4 is 5.73 Å². The summed E-state index contributed by atoms with van der Waals surface area (Å²) in [6, 6.07) is 4.85. The molecule has 0 fully saturated rings. The van der Waals surface area contributed by atoms with Crippen molar-refractivity contribution in [1.29, 1.82) is 0 Å². The van der Waals surface area contributed by atoms with Crippen LogP contribution in [0.2, 0.25) is 0 Å². The summed E-state index contributed by atoms with van der Waals surface area (Å²) in [6.45, 7) is 4.89.